The number of aliphatic hydroxyl groups excluding tert-OH is 1. The van der Waals surface area contributed by atoms with Crippen LogP contribution in [-0.4, -0.2) is 39.3 Å². The summed E-state index contributed by atoms with van der Waals surface area (Å²) in [5.74, 6) is 2.50. The number of rotatable bonds is 5. The van der Waals surface area contributed by atoms with Crippen molar-refractivity contribution in [1.29, 1.82) is 0 Å². The molecule has 0 unspecified atom stereocenters. The number of nitrogens with zero attached hydrogens (tertiary/aromatic N) is 3. The molecule has 7 heteroatoms. The Morgan fingerprint density at radius 3 is 2.96 bits per heavy atom. The molecule has 1 aliphatic rings. The molecule has 1 N–H and O–H groups in total. The van der Waals surface area contributed by atoms with Crippen LogP contribution in [0.1, 0.15) is 22.9 Å². The lowest BCUT2D eigenvalue weighted by Gasteiger charge is -2.13. The van der Waals surface area contributed by atoms with Gasteiger partial charge in [-0.15, -0.1) is 11.3 Å². The van der Waals surface area contributed by atoms with Crippen molar-refractivity contribution >= 4 is 11.3 Å². The van der Waals surface area contributed by atoms with E-state index in [9.17, 15) is 5.11 Å². The highest BCUT2D eigenvalue weighted by Gasteiger charge is 2.33. The van der Waals surface area contributed by atoms with Crippen molar-refractivity contribution in [3.05, 3.63) is 46.5 Å². The summed E-state index contributed by atoms with van der Waals surface area (Å²) in [7, 11) is 0. The van der Waals surface area contributed by atoms with Gasteiger partial charge in [0.05, 0.1) is 22.4 Å². The molecule has 1 aliphatic heterocycles. The molecule has 3 aromatic rings. The van der Waals surface area contributed by atoms with Gasteiger partial charge >= 0.3 is 0 Å². The molecule has 0 aromatic carbocycles. The molecule has 3 aromatic heterocycles. The number of aliphatic hydroxyl groups is 1. The normalized spacial score (nSPS) is 21.2. The Kier molecular flexibility index (Phi) is 4.45. The summed E-state index contributed by atoms with van der Waals surface area (Å²) in [6, 6.07) is 5.94. The second-order valence-corrected chi connectivity index (χ2v) is 7.61. The smallest absolute Gasteiger partial charge is 0.236 e. The zero-order valence-electron chi connectivity index (χ0n) is 14.3. The Labute approximate surface area is 150 Å². The monoisotopic (exact) mass is 359 g/mol. The summed E-state index contributed by atoms with van der Waals surface area (Å²) < 4.78 is 11.1. The van der Waals surface area contributed by atoms with Crippen LogP contribution in [0, 0.1) is 19.8 Å². The molecule has 0 aliphatic carbocycles. The molecule has 4 rings (SSSR count). The van der Waals surface area contributed by atoms with E-state index >= 15 is 0 Å². The van der Waals surface area contributed by atoms with Gasteiger partial charge in [-0.3, -0.25) is 4.90 Å². The number of thiophene rings is 1. The van der Waals surface area contributed by atoms with Gasteiger partial charge in [0.25, 0.3) is 0 Å². The fourth-order valence-corrected chi connectivity index (χ4v) is 3.98. The van der Waals surface area contributed by atoms with Crippen LogP contribution in [0.5, 0.6) is 0 Å². The molecule has 25 heavy (non-hydrogen) atoms. The maximum Gasteiger partial charge on any atom is 0.236 e. The lowest BCUT2D eigenvalue weighted by atomic mass is 10.0. The summed E-state index contributed by atoms with van der Waals surface area (Å²) in [6.45, 7) is 5.98. The minimum Gasteiger partial charge on any atom is -0.440 e. The molecule has 0 bridgehead atoms. The average Bonchev–Trinajstić information content (AvgIpc) is 3.32. The summed E-state index contributed by atoms with van der Waals surface area (Å²) in [6.07, 6.45) is 0.339. The molecule has 1 saturated heterocycles. The van der Waals surface area contributed by atoms with Gasteiger partial charge in [0.15, 0.2) is 0 Å². The second-order valence-electron chi connectivity index (χ2n) is 6.66. The number of likely N-dealkylation sites (tertiary alicyclic amines) is 1. The van der Waals surface area contributed by atoms with Crippen LogP contribution in [-0.2, 0) is 13.0 Å². The van der Waals surface area contributed by atoms with E-state index in [0.29, 0.717) is 25.4 Å². The number of aromatic nitrogens is 2. The molecular formula is C18H21N3O3S. The molecule has 132 valence electrons. The lowest BCUT2D eigenvalue weighted by Crippen LogP contribution is -2.22. The topological polar surface area (TPSA) is 75.5 Å². The van der Waals surface area contributed by atoms with Gasteiger partial charge in [0.2, 0.25) is 5.89 Å². The van der Waals surface area contributed by atoms with Crippen LogP contribution >= 0.6 is 11.3 Å². The van der Waals surface area contributed by atoms with E-state index in [1.807, 2.05) is 37.4 Å². The molecule has 4 heterocycles. The van der Waals surface area contributed by atoms with Crippen LogP contribution in [0.25, 0.3) is 10.8 Å². The Morgan fingerprint density at radius 2 is 2.24 bits per heavy atom. The third-order valence-electron chi connectivity index (χ3n) is 4.62. The highest BCUT2D eigenvalue weighted by Crippen LogP contribution is 2.28. The summed E-state index contributed by atoms with van der Waals surface area (Å²) in [5.41, 5.74) is 1.81. The lowest BCUT2D eigenvalue weighted by molar-refractivity contribution is 0.137. The van der Waals surface area contributed by atoms with Gasteiger partial charge in [-0.25, -0.2) is 4.98 Å². The third-order valence-corrected chi connectivity index (χ3v) is 5.48. The van der Waals surface area contributed by atoms with Crippen molar-refractivity contribution in [3.63, 3.8) is 0 Å². The summed E-state index contributed by atoms with van der Waals surface area (Å²) >= 11 is 1.62. The number of β-amino-alcohol motifs (C(OH)–C–C–N with tert-alkyl or cyclic N) is 1. The maximum atomic E-state index is 10.4. The van der Waals surface area contributed by atoms with Gasteiger partial charge in [0, 0.05) is 38.0 Å². The van der Waals surface area contributed by atoms with E-state index in [1.54, 1.807) is 11.3 Å². The van der Waals surface area contributed by atoms with Gasteiger partial charge in [-0.1, -0.05) is 11.2 Å². The van der Waals surface area contributed by atoms with E-state index in [1.165, 1.54) is 0 Å². The Bertz CT molecular complexity index is 840. The minimum atomic E-state index is -0.366. The fourth-order valence-electron chi connectivity index (χ4n) is 3.33. The number of aryl methyl sites for hydroxylation is 2. The van der Waals surface area contributed by atoms with Crippen LogP contribution in [0.4, 0.5) is 0 Å². The Balaban J connectivity index is 1.42. The fraction of sp³-hybridized carbons (Fsp3) is 0.444. The van der Waals surface area contributed by atoms with Crippen molar-refractivity contribution in [2.45, 2.75) is 32.9 Å². The number of hydrogen-bond acceptors (Lipinski definition) is 7. The van der Waals surface area contributed by atoms with Crippen molar-refractivity contribution in [1.82, 2.24) is 15.0 Å². The van der Waals surface area contributed by atoms with Crippen LogP contribution < -0.4 is 0 Å². The highest BCUT2D eigenvalue weighted by atomic mass is 32.1. The highest BCUT2D eigenvalue weighted by molar-refractivity contribution is 7.13. The predicted molar refractivity (Wildman–Crippen MR) is 94.3 cm³/mol. The first-order valence-electron chi connectivity index (χ1n) is 8.41. The maximum absolute atomic E-state index is 10.4. The van der Waals surface area contributed by atoms with Crippen LogP contribution in [0.2, 0.25) is 0 Å². The van der Waals surface area contributed by atoms with Crippen molar-refractivity contribution in [2.24, 2.45) is 5.92 Å². The summed E-state index contributed by atoms with van der Waals surface area (Å²) in [4.78, 5) is 7.91. The molecule has 0 amide bonds. The molecule has 0 saturated carbocycles. The van der Waals surface area contributed by atoms with Gasteiger partial charge in [-0.2, -0.15) is 0 Å². The van der Waals surface area contributed by atoms with Gasteiger partial charge in [-0.05, 0) is 25.3 Å². The minimum absolute atomic E-state index is 0.149. The first-order valence-corrected chi connectivity index (χ1v) is 9.29. The number of oxazole rings is 1. The first kappa shape index (κ1) is 16.5. The molecule has 2 atom stereocenters. The van der Waals surface area contributed by atoms with Gasteiger partial charge < -0.3 is 14.0 Å². The van der Waals surface area contributed by atoms with E-state index < -0.39 is 0 Å². The van der Waals surface area contributed by atoms with E-state index in [0.717, 1.165) is 34.3 Å². The standard InChI is InChI=1S/C18H21N3O3S/c1-11-6-14(24-20-11)7-13-8-21(10-16(13)22)9-15-12(2)23-18(19-15)17-4-3-5-25-17/h3-6,13,16,22H,7-10H2,1-2H3/t13-,16+/m1/s1. The van der Waals surface area contributed by atoms with E-state index in [2.05, 4.69) is 15.0 Å². The Hall–Kier alpha value is -1.96. The van der Waals surface area contributed by atoms with Crippen LogP contribution in [0.15, 0.2) is 32.5 Å². The molecule has 6 nitrogen and oxygen atoms in total. The predicted octanol–water partition coefficient (Wildman–Crippen LogP) is 3.04. The van der Waals surface area contributed by atoms with Crippen molar-refractivity contribution in [3.8, 4) is 10.8 Å². The molecule has 1 fully saturated rings. The first-order chi connectivity index (χ1) is 12.1. The average molecular weight is 359 g/mol. The zero-order chi connectivity index (χ0) is 17.4. The molecule has 0 radical (unpaired) electrons. The van der Waals surface area contributed by atoms with Crippen molar-refractivity contribution in [2.75, 3.05) is 13.1 Å². The van der Waals surface area contributed by atoms with E-state index in [-0.39, 0.29) is 12.0 Å². The quantitative estimate of drug-likeness (QED) is 0.755. The SMILES string of the molecule is Cc1cc(C[C@@H]2CN(Cc3nc(-c4cccs4)oc3C)C[C@@H]2O)on1. The number of hydrogen-bond donors (Lipinski definition) is 1. The van der Waals surface area contributed by atoms with Gasteiger partial charge in [0.1, 0.15) is 11.5 Å². The zero-order valence-corrected chi connectivity index (χ0v) is 15.1. The molecule has 0 spiro atoms. The second kappa shape index (κ2) is 6.74. The van der Waals surface area contributed by atoms with E-state index in [4.69, 9.17) is 8.94 Å². The Morgan fingerprint density at radius 1 is 1.36 bits per heavy atom. The van der Waals surface area contributed by atoms with Crippen molar-refractivity contribution < 1.29 is 14.0 Å². The molecular weight excluding hydrogens is 338 g/mol. The third kappa shape index (κ3) is 3.53. The largest absolute Gasteiger partial charge is 0.440 e. The summed E-state index contributed by atoms with van der Waals surface area (Å²) in [5, 5.41) is 16.3. The van der Waals surface area contributed by atoms with Crippen LogP contribution in [0.3, 0.4) is 0 Å².